The molecule has 222 valence electrons. The molecule has 0 radical (unpaired) electrons. The number of aromatic nitrogens is 2. The lowest BCUT2D eigenvalue weighted by molar-refractivity contribution is -0.170. The predicted octanol–water partition coefficient (Wildman–Crippen LogP) is 2.62. The van der Waals surface area contributed by atoms with Gasteiger partial charge in [0.05, 0.1) is 36.0 Å². The molecular formula is C30H34F2N6O4. The highest BCUT2D eigenvalue weighted by Crippen LogP contribution is 2.59. The second-order valence-corrected chi connectivity index (χ2v) is 12.9. The Labute approximate surface area is 242 Å². The summed E-state index contributed by atoms with van der Waals surface area (Å²) in [6, 6.07) is 7.41. The van der Waals surface area contributed by atoms with Gasteiger partial charge in [-0.25, -0.2) is 8.78 Å². The molecule has 0 spiro atoms. The topological polar surface area (TPSA) is 146 Å². The Hall–Kier alpha value is -3.85. The van der Waals surface area contributed by atoms with Gasteiger partial charge in [0.1, 0.15) is 12.6 Å². The van der Waals surface area contributed by atoms with Crippen LogP contribution in [0.15, 0.2) is 30.5 Å². The van der Waals surface area contributed by atoms with Gasteiger partial charge in [-0.15, -0.1) is 0 Å². The van der Waals surface area contributed by atoms with E-state index in [-0.39, 0.29) is 18.4 Å². The number of nitriles is 1. The van der Waals surface area contributed by atoms with Crippen LogP contribution in [0, 0.1) is 30.1 Å². The summed E-state index contributed by atoms with van der Waals surface area (Å²) < 4.78 is 30.0. The van der Waals surface area contributed by atoms with Crippen LogP contribution in [0.4, 0.5) is 8.78 Å². The first-order valence-electron chi connectivity index (χ1n) is 14.3. The number of likely N-dealkylation sites (tertiary alicyclic amines) is 1. The molecule has 1 aromatic carbocycles. The van der Waals surface area contributed by atoms with E-state index in [0.29, 0.717) is 48.9 Å². The van der Waals surface area contributed by atoms with Gasteiger partial charge in [-0.2, -0.15) is 10.4 Å². The number of benzene rings is 1. The van der Waals surface area contributed by atoms with Gasteiger partial charge < -0.3 is 20.6 Å². The van der Waals surface area contributed by atoms with Crippen molar-refractivity contribution in [3.8, 4) is 6.07 Å². The Balaban J connectivity index is 1.32. The Morgan fingerprint density at radius 2 is 1.90 bits per heavy atom. The van der Waals surface area contributed by atoms with Crippen LogP contribution >= 0.6 is 0 Å². The zero-order valence-electron chi connectivity index (χ0n) is 23.4. The molecule has 5 fully saturated rings. The monoisotopic (exact) mass is 580 g/mol. The molecular weight excluding hydrogens is 546 g/mol. The number of primary amides is 1. The van der Waals surface area contributed by atoms with E-state index in [9.17, 15) is 33.5 Å². The minimum Gasteiger partial charge on any atom is -0.390 e. The van der Waals surface area contributed by atoms with Crippen molar-refractivity contribution in [3.05, 3.63) is 52.8 Å². The molecule has 4 aliphatic carbocycles. The Kier molecular flexibility index (Phi) is 6.64. The van der Waals surface area contributed by atoms with E-state index >= 15 is 0 Å². The summed E-state index contributed by atoms with van der Waals surface area (Å²) >= 11 is 0. The van der Waals surface area contributed by atoms with Gasteiger partial charge in [-0.1, -0.05) is 12.1 Å². The number of aliphatic hydroxyl groups is 1. The minimum absolute atomic E-state index is 0.207. The third kappa shape index (κ3) is 5.04. The van der Waals surface area contributed by atoms with Crippen molar-refractivity contribution < 1.29 is 28.3 Å². The number of nitrogens with two attached hydrogens (primary N) is 1. The van der Waals surface area contributed by atoms with Gasteiger partial charge in [0, 0.05) is 23.7 Å². The van der Waals surface area contributed by atoms with Crippen LogP contribution in [-0.4, -0.2) is 78.6 Å². The molecule has 42 heavy (non-hydrogen) atoms. The smallest absolute Gasteiger partial charge is 0.268 e. The second kappa shape index (κ2) is 9.87. The Morgan fingerprint density at radius 1 is 1.19 bits per heavy atom. The zero-order chi connectivity index (χ0) is 30.0. The van der Waals surface area contributed by atoms with Gasteiger partial charge in [-0.3, -0.25) is 19.1 Å². The van der Waals surface area contributed by atoms with Gasteiger partial charge in [0.25, 0.3) is 17.7 Å². The number of nitrogens with zero attached hydrogens (tertiary/aromatic N) is 5. The van der Waals surface area contributed by atoms with Gasteiger partial charge in [0.15, 0.2) is 0 Å². The van der Waals surface area contributed by atoms with E-state index in [2.05, 4.69) is 5.10 Å². The first kappa shape index (κ1) is 28.3. The van der Waals surface area contributed by atoms with E-state index in [0.717, 1.165) is 16.9 Å². The zero-order valence-corrected chi connectivity index (χ0v) is 23.4. The van der Waals surface area contributed by atoms with E-state index in [1.165, 1.54) is 4.90 Å². The number of aryl methyl sites for hydroxylation is 1. The molecule has 2 aromatic rings. The number of alkyl halides is 2. The summed E-state index contributed by atoms with van der Waals surface area (Å²) in [5, 5.41) is 25.2. The van der Waals surface area contributed by atoms with Crippen molar-refractivity contribution in [2.24, 2.45) is 17.6 Å². The van der Waals surface area contributed by atoms with Gasteiger partial charge in [-0.05, 0) is 75.0 Å². The van der Waals surface area contributed by atoms with Crippen LogP contribution in [0.2, 0.25) is 0 Å². The molecule has 2 heterocycles. The molecule has 3 amide bonds. The summed E-state index contributed by atoms with van der Waals surface area (Å²) in [7, 11) is 0. The van der Waals surface area contributed by atoms with Gasteiger partial charge in [0.2, 0.25) is 5.91 Å². The summed E-state index contributed by atoms with van der Waals surface area (Å²) in [5.74, 6) is -4.47. The van der Waals surface area contributed by atoms with Crippen molar-refractivity contribution in [2.45, 2.75) is 81.5 Å². The molecule has 1 saturated heterocycles. The Bertz CT molecular complexity index is 1480. The summed E-state index contributed by atoms with van der Waals surface area (Å²) in [6.07, 6.45) is 4.67. The van der Waals surface area contributed by atoms with Crippen LogP contribution in [0.3, 0.4) is 0 Å². The summed E-state index contributed by atoms with van der Waals surface area (Å²) in [4.78, 5) is 41.9. The SMILES string of the molecule is Cc1nn(Cc2cccc(C(=O)N(CC(=O)N3CC(F)(F)C[C@H]3C#N)C34CC5CC(CC(O)(C5)C3)C4)c2)cc1C(N)=O. The summed E-state index contributed by atoms with van der Waals surface area (Å²) in [5.41, 5.74) is 5.52. The quantitative estimate of drug-likeness (QED) is 0.515. The van der Waals surface area contributed by atoms with Crippen molar-refractivity contribution in [1.82, 2.24) is 19.6 Å². The van der Waals surface area contributed by atoms with Crippen LogP contribution < -0.4 is 5.73 Å². The highest BCUT2D eigenvalue weighted by atomic mass is 19.3. The van der Waals surface area contributed by atoms with E-state index < -0.39 is 60.3 Å². The van der Waals surface area contributed by atoms with Crippen LogP contribution in [0.1, 0.15) is 76.9 Å². The molecule has 3 atom stereocenters. The molecule has 4 bridgehead atoms. The van der Waals surface area contributed by atoms with E-state index in [1.54, 1.807) is 36.0 Å². The third-order valence-corrected chi connectivity index (χ3v) is 9.58. The van der Waals surface area contributed by atoms with Crippen molar-refractivity contribution in [2.75, 3.05) is 13.1 Å². The maximum Gasteiger partial charge on any atom is 0.268 e. The largest absolute Gasteiger partial charge is 0.390 e. The minimum atomic E-state index is -3.17. The first-order chi connectivity index (χ1) is 19.8. The van der Waals surface area contributed by atoms with Crippen LogP contribution in [0.25, 0.3) is 0 Å². The fraction of sp³-hybridized carbons (Fsp3) is 0.567. The highest BCUT2D eigenvalue weighted by Gasteiger charge is 2.60. The fourth-order valence-electron chi connectivity index (χ4n) is 8.34. The van der Waals surface area contributed by atoms with E-state index in [4.69, 9.17) is 5.73 Å². The predicted molar refractivity (Wildman–Crippen MR) is 145 cm³/mol. The standard InChI is InChI=1S/C30H34F2N6O4/c1-18-24(26(34)40)14-36(35-18)13-19-3-2-4-22(6-19)27(41)38(15-25(39)37-17-30(31,32)11-23(37)12-33)28-7-20-5-21(8-28)10-29(42,9-20)16-28/h2-4,6,14,20-21,23,42H,5,7-11,13,15-17H2,1H3,(H2,34,40)/t20?,21?,23-,28?,29?/m0/s1. The average Bonchev–Trinajstić information content (AvgIpc) is 3.43. The van der Waals surface area contributed by atoms with Crippen LogP contribution in [0.5, 0.6) is 0 Å². The molecule has 2 unspecified atom stereocenters. The lowest BCUT2D eigenvalue weighted by Gasteiger charge is -2.63. The molecule has 1 aliphatic heterocycles. The van der Waals surface area contributed by atoms with Crippen molar-refractivity contribution in [1.29, 1.82) is 5.26 Å². The molecule has 5 aliphatic rings. The molecule has 3 N–H and O–H groups in total. The van der Waals surface area contributed by atoms with Crippen molar-refractivity contribution >= 4 is 17.7 Å². The third-order valence-electron chi connectivity index (χ3n) is 9.58. The number of carbonyl (C=O) groups is 3. The molecule has 10 nitrogen and oxygen atoms in total. The lowest BCUT2D eigenvalue weighted by atomic mass is 9.50. The molecule has 1 aromatic heterocycles. The average molecular weight is 581 g/mol. The number of hydrogen-bond donors (Lipinski definition) is 2. The second-order valence-electron chi connectivity index (χ2n) is 12.9. The maximum atomic E-state index is 14.3. The number of amides is 3. The Morgan fingerprint density at radius 3 is 2.52 bits per heavy atom. The number of halogens is 2. The first-order valence-corrected chi connectivity index (χ1v) is 14.3. The van der Waals surface area contributed by atoms with Crippen LogP contribution in [-0.2, 0) is 11.3 Å². The van der Waals surface area contributed by atoms with E-state index in [1.807, 2.05) is 12.1 Å². The van der Waals surface area contributed by atoms with Gasteiger partial charge >= 0.3 is 0 Å². The van der Waals surface area contributed by atoms with Crippen molar-refractivity contribution in [3.63, 3.8) is 0 Å². The summed E-state index contributed by atoms with van der Waals surface area (Å²) in [6.45, 7) is 0.626. The lowest BCUT2D eigenvalue weighted by Crippen LogP contribution is -2.67. The highest BCUT2D eigenvalue weighted by molar-refractivity contribution is 5.97. The number of carbonyl (C=O) groups excluding carboxylic acids is 3. The fourth-order valence-corrected chi connectivity index (χ4v) is 8.34. The molecule has 7 rings (SSSR count). The number of hydrogen-bond acceptors (Lipinski definition) is 6. The normalized spacial score (nSPS) is 30.7. The number of rotatable bonds is 7. The molecule has 12 heteroatoms. The molecule has 4 saturated carbocycles. The maximum absolute atomic E-state index is 14.3.